The molecule has 0 aliphatic heterocycles. The molecule has 0 aromatic carbocycles. The highest BCUT2D eigenvalue weighted by molar-refractivity contribution is 7.88. The Morgan fingerprint density at radius 3 is 2.62 bits per heavy atom. The van der Waals surface area contributed by atoms with Crippen molar-refractivity contribution >= 4 is 16.3 Å². The van der Waals surface area contributed by atoms with Gasteiger partial charge in [-0.05, 0) is 25.7 Å². The average Bonchev–Trinajstić information content (AvgIpc) is 2.10. The molecule has 16 heavy (non-hydrogen) atoms. The van der Waals surface area contributed by atoms with Gasteiger partial charge in [0.25, 0.3) is 0 Å². The molecule has 94 valence electrons. The number of rotatable bonds is 5. The first-order valence-corrected chi connectivity index (χ1v) is 6.53. The molecule has 1 rings (SSSR count). The third-order valence-corrected chi connectivity index (χ3v) is 3.25. The maximum atomic E-state index is 11.3. The number of carbonyl (C=O) groups is 1. The molecule has 0 aromatic heterocycles. The van der Waals surface area contributed by atoms with E-state index in [0.717, 1.165) is 0 Å². The van der Waals surface area contributed by atoms with Gasteiger partial charge in [0.2, 0.25) is 0 Å². The Morgan fingerprint density at radius 1 is 1.50 bits per heavy atom. The van der Waals surface area contributed by atoms with Crippen molar-refractivity contribution in [1.82, 2.24) is 9.44 Å². The van der Waals surface area contributed by atoms with E-state index in [1.54, 1.807) is 11.6 Å². The number of nitrogens with one attached hydrogen (secondary N) is 2. The Morgan fingerprint density at radius 2 is 2.12 bits per heavy atom. The fourth-order valence-electron chi connectivity index (χ4n) is 1.40. The second-order valence-electron chi connectivity index (χ2n) is 3.67. The highest BCUT2D eigenvalue weighted by Crippen LogP contribution is 2.26. The van der Waals surface area contributed by atoms with Gasteiger partial charge >= 0.3 is 16.3 Å². The van der Waals surface area contributed by atoms with Crippen LogP contribution in [0.5, 0.6) is 0 Å². The fraction of sp³-hybridized carbons (Fsp3) is 0.875. The smallest absolute Gasteiger partial charge is 0.421 e. The van der Waals surface area contributed by atoms with Crippen molar-refractivity contribution < 1.29 is 23.1 Å². The molecule has 1 saturated carbocycles. The fourth-order valence-corrected chi connectivity index (χ4v) is 2.21. The second-order valence-corrected chi connectivity index (χ2v) is 5.17. The zero-order valence-corrected chi connectivity index (χ0v) is 9.79. The summed E-state index contributed by atoms with van der Waals surface area (Å²) in [6, 6.07) is 0. The third-order valence-electron chi connectivity index (χ3n) is 2.27. The standard InChI is InChI=1S/C8H16N2O5S/c1-2-15-8(12)10-16(13,14)9-5-6-3-7(11)4-6/h6-7,9,11H,2-5H2,1H3,(H,10,12). The molecular weight excluding hydrogens is 236 g/mol. The van der Waals surface area contributed by atoms with Crippen LogP contribution in [0.4, 0.5) is 4.79 Å². The van der Waals surface area contributed by atoms with Gasteiger partial charge in [-0.25, -0.2) is 9.52 Å². The highest BCUT2D eigenvalue weighted by atomic mass is 32.2. The average molecular weight is 252 g/mol. The number of ether oxygens (including phenoxy) is 1. The first-order chi connectivity index (χ1) is 7.43. The van der Waals surface area contributed by atoms with Gasteiger partial charge in [0, 0.05) is 6.54 Å². The Balaban J connectivity index is 2.26. The van der Waals surface area contributed by atoms with Crippen LogP contribution in [0.1, 0.15) is 19.8 Å². The van der Waals surface area contributed by atoms with Crippen LogP contribution < -0.4 is 9.44 Å². The van der Waals surface area contributed by atoms with E-state index in [1.165, 1.54) is 0 Å². The van der Waals surface area contributed by atoms with Crippen molar-refractivity contribution in [2.75, 3.05) is 13.2 Å². The van der Waals surface area contributed by atoms with Gasteiger partial charge < -0.3 is 9.84 Å². The molecule has 3 N–H and O–H groups in total. The van der Waals surface area contributed by atoms with E-state index in [1.807, 2.05) is 0 Å². The lowest BCUT2D eigenvalue weighted by atomic mass is 9.83. The minimum absolute atomic E-state index is 0.107. The number of hydrogen-bond acceptors (Lipinski definition) is 5. The predicted octanol–water partition coefficient (Wildman–Crippen LogP) is -0.662. The van der Waals surface area contributed by atoms with Gasteiger partial charge in [0.15, 0.2) is 0 Å². The van der Waals surface area contributed by atoms with Crippen LogP contribution in [-0.2, 0) is 14.9 Å². The number of carbonyl (C=O) groups excluding carboxylic acids is 1. The maximum absolute atomic E-state index is 11.3. The van der Waals surface area contributed by atoms with Gasteiger partial charge in [-0.3, -0.25) is 0 Å². The van der Waals surface area contributed by atoms with Crippen molar-refractivity contribution in [3.05, 3.63) is 0 Å². The van der Waals surface area contributed by atoms with Gasteiger partial charge in [-0.15, -0.1) is 0 Å². The zero-order valence-electron chi connectivity index (χ0n) is 8.97. The summed E-state index contributed by atoms with van der Waals surface area (Å²) in [5.41, 5.74) is 0. The number of amides is 1. The first-order valence-electron chi connectivity index (χ1n) is 5.05. The molecule has 1 fully saturated rings. The molecule has 0 unspecified atom stereocenters. The molecule has 1 aliphatic rings. The molecule has 0 aromatic rings. The molecule has 1 amide bonds. The summed E-state index contributed by atoms with van der Waals surface area (Å²) in [5.74, 6) is 0.133. The van der Waals surface area contributed by atoms with Gasteiger partial charge in [-0.1, -0.05) is 0 Å². The second kappa shape index (κ2) is 5.46. The molecule has 1 aliphatic carbocycles. The van der Waals surface area contributed by atoms with Crippen molar-refractivity contribution in [1.29, 1.82) is 0 Å². The molecule has 0 bridgehead atoms. The lowest BCUT2D eigenvalue weighted by Gasteiger charge is -2.31. The largest absolute Gasteiger partial charge is 0.449 e. The van der Waals surface area contributed by atoms with E-state index < -0.39 is 16.3 Å². The van der Waals surface area contributed by atoms with Crippen molar-refractivity contribution in [3.8, 4) is 0 Å². The van der Waals surface area contributed by atoms with E-state index >= 15 is 0 Å². The Labute approximate surface area is 94.4 Å². The molecule has 0 radical (unpaired) electrons. The molecule has 8 heteroatoms. The van der Waals surface area contributed by atoms with Crippen molar-refractivity contribution in [2.24, 2.45) is 5.92 Å². The minimum Gasteiger partial charge on any atom is -0.449 e. The number of aliphatic hydroxyl groups is 1. The third kappa shape index (κ3) is 4.33. The predicted molar refractivity (Wildman–Crippen MR) is 55.8 cm³/mol. The van der Waals surface area contributed by atoms with E-state index in [2.05, 4.69) is 9.46 Å². The van der Waals surface area contributed by atoms with Crippen LogP contribution in [0.25, 0.3) is 0 Å². The Bertz CT molecular complexity index is 336. The molecular formula is C8H16N2O5S. The minimum atomic E-state index is -3.85. The van der Waals surface area contributed by atoms with E-state index in [0.29, 0.717) is 12.8 Å². The Hall–Kier alpha value is -0.860. The summed E-state index contributed by atoms with van der Waals surface area (Å²) >= 11 is 0. The number of aliphatic hydroxyl groups excluding tert-OH is 1. The van der Waals surface area contributed by atoms with Gasteiger partial charge in [-0.2, -0.15) is 13.1 Å². The zero-order chi connectivity index (χ0) is 12.2. The first kappa shape index (κ1) is 13.2. The normalized spacial score (nSPS) is 24.6. The van der Waals surface area contributed by atoms with Crippen molar-refractivity contribution in [3.63, 3.8) is 0 Å². The highest BCUT2D eigenvalue weighted by Gasteiger charge is 2.28. The van der Waals surface area contributed by atoms with E-state index in [9.17, 15) is 13.2 Å². The molecule has 0 spiro atoms. The summed E-state index contributed by atoms with van der Waals surface area (Å²) in [6.07, 6.45) is -0.153. The van der Waals surface area contributed by atoms with Crippen LogP contribution >= 0.6 is 0 Å². The van der Waals surface area contributed by atoms with Crippen molar-refractivity contribution in [2.45, 2.75) is 25.9 Å². The summed E-state index contributed by atoms with van der Waals surface area (Å²) in [6.45, 7) is 1.90. The molecule has 0 saturated heterocycles. The maximum Gasteiger partial charge on any atom is 0.421 e. The lowest BCUT2D eigenvalue weighted by Crippen LogP contribution is -2.45. The van der Waals surface area contributed by atoms with E-state index in [4.69, 9.17) is 5.11 Å². The number of hydrogen-bond donors (Lipinski definition) is 3. The van der Waals surface area contributed by atoms with Gasteiger partial charge in [0.05, 0.1) is 12.7 Å². The van der Waals surface area contributed by atoms with Crippen LogP contribution in [0, 0.1) is 5.92 Å². The molecule has 7 nitrogen and oxygen atoms in total. The Kier molecular flexibility index (Phi) is 4.51. The molecule has 0 heterocycles. The summed E-state index contributed by atoms with van der Waals surface area (Å²) in [5, 5.41) is 9.00. The lowest BCUT2D eigenvalue weighted by molar-refractivity contribution is 0.0452. The summed E-state index contributed by atoms with van der Waals surface area (Å²) in [7, 11) is -3.85. The van der Waals surface area contributed by atoms with Crippen LogP contribution in [0.3, 0.4) is 0 Å². The van der Waals surface area contributed by atoms with Crippen LogP contribution in [-0.4, -0.2) is 38.9 Å². The SMILES string of the molecule is CCOC(=O)NS(=O)(=O)NCC1CC(O)C1. The topological polar surface area (TPSA) is 105 Å². The van der Waals surface area contributed by atoms with Crippen LogP contribution in [0.15, 0.2) is 0 Å². The van der Waals surface area contributed by atoms with E-state index in [-0.39, 0.29) is 25.2 Å². The monoisotopic (exact) mass is 252 g/mol. The summed E-state index contributed by atoms with van der Waals surface area (Å²) in [4.78, 5) is 10.8. The summed E-state index contributed by atoms with van der Waals surface area (Å²) < 4.78 is 30.9. The quantitative estimate of drug-likeness (QED) is 0.602. The molecule has 0 atom stereocenters. The van der Waals surface area contributed by atoms with Crippen LogP contribution in [0.2, 0.25) is 0 Å². The van der Waals surface area contributed by atoms with Gasteiger partial charge in [0.1, 0.15) is 0 Å².